The number of aromatic amines is 1. The molecular formula is C25H26ClN7O2. The smallest absolute Gasteiger partial charge is 0.407 e. The number of anilines is 2. The van der Waals surface area contributed by atoms with E-state index in [1.807, 2.05) is 30.5 Å². The van der Waals surface area contributed by atoms with Gasteiger partial charge in [0.15, 0.2) is 0 Å². The molecule has 0 radical (unpaired) electrons. The Morgan fingerprint density at radius 1 is 1.20 bits per heavy atom. The SMILES string of the molecule is Nc1ccc(CN(C(=O)O)[C@H]2CCC[C@@H](Nc3ncc(Cl)c(-c4c[nH]c5ccccc45)n3)C2)nc1. The predicted molar refractivity (Wildman–Crippen MR) is 136 cm³/mol. The Balaban J connectivity index is 1.32. The molecule has 3 aromatic heterocycles. The molecule has 3 heterocycles. The van der Waals surface area contributed by atoms with Gasteiger partial charge in [-0.25, -0.2) is 14.8 Å². The van der Waals surface area contributed by atoms with Gasteiger partial charge in [-0.2, -0.15) is 0 Å². The molecular weight excluding hydrogens is 466 g/mol. The van der Waals surface area contributed by atoms with Crippen molar-refractivity contribution in [3.8, 4) is 11.3 Å². The van der Waals surface area contributed by atoms with Gasteiger partial charge < -0.3 is 21.1 Å². The molecule has 1 fully saturated rings. The topological polar surface area (TPSA) is 133 Å². The van der Waals surface area contributed by atoms with Crippen molar-refractivity contribution in [2.45, 2.75) is 44.3 Å². The van der Waals surface area contributed by atoms with Crippen LogP contribution in [0, 0.1) is 0 Å². The number of hydrogen-bond acceptors (Lipinski definition) is 6. The summed E-state index contributed by atoms with van der Waals surface area (Å²) >= 11 is 6.46. The zero-order chi connectivity index (χ0) is 24.4. The lowest BCUT2D eigenvalue weighted by Crippen LogP contribution is -2.44. The number of rotatable bonds is 6. The first-order chi connectivity index (χ1) is 17.0. The van der Waals surface area contributed by atoms with Crippen molar-refractivity contribution in [2.24, 2.45) is 0 Å². The summed E-state index contributed by atoms with van der Waals surface area (Å²) in [6.07, 6.45) is 7.32. The average Bonchev–Trinajstić information content (AvgIpc) is 3.29. The van der Waals surface area contributed by atoms with E-state index < -0.39 is 6.09 Å². The third-order valence-corrected chi connectivity index (χ3v) is 6.71. The van der Waals surface area contributed by atoms with Crippen LogP contribution in [-0.2, 0) is 6.54 Å². The van der Waals surface area contributed by atoms with Crippen LogP contribution in [0.4, 0.5) is 16.4 Å². The number of nitrogens with two attached hydrogens (primary N) is 1. The quantitative estimate of drug-likeness (QED) is 0.293. The zero-order valence-electron chi connectivity index (χ0n) is 19.0. The number of aromatic nitrogens is 4. The molecule has 180 valence electrons. The number of pyridine rings is 1. The van der Waals surface area contributed by atoms with Crippen LogP contribution in [0.1, 0.15) is 31.4 Å². The second kappa shape index (κ2) is 9.79. The minimum absolute atomic E-state index is 0.0342. The molecule has 10 heteroatoms. The Kier molecular flexibility index (Phi) is 6.41. The summed E-state index contributed by atoms with van der Waals surface area (Å²) in [7, 11) is 0. The van der Waals surface area contributed by atoms with E-state index in [2.05, 4.69) is 20.3 Å². The molecule has 1 aromatic carbocycles. The molecule has 1 amide bonds. The van der Waals surface area contributed by atoms with E-state index >= 15 is 0 Å². The summed E-state index contributed by atoms with van der Waals surface area (Å²) in [6.45, 7) is 0.217. The third-order valence-electron chi connectivity index (χ3n) is 6.43. The Morgan fingerprint density at radius 2 is 2.06 bits per heavy atom. The predicted octanol–water partition coefficient (Wildman–Crippen LogP) is 5.16. The molecule has 1 aliphatic rings. The molecule has 4 aromatic rings. The highest BCUT2D eigenvalue weighted by Crippen LogP contribution is 2.33. The van der Waals surface area contributed by atoms with Crippen molar-refractivity contribution < 1.29 is 9.90 Å². The van der Waals surface area contributed by atoms with E-state index in [-0.39, 0.29) is 18.6 Å². The van der Waals surface area contributed by atoms with Crippen molar-refractivity contribution in [2.75, 3.05) is 11.1 Å². The Morgan fingerprint density at radius 3 is 2.86 bits per heavy atom. The number of carboxylic acid groups (broad SMARTS) is 1. The highest BCUT2D eigenvalue weighted by atomic mass is 35.5. The van der Waals surface area contributed by atoms with Gasteiger partial charge in [-0.15, -0.1) is 0 Å². The van der Waals surface area contributed by atoms with Gasteiger partial charge in [-0.3, -0.25) is 9.88 Å². The first-order valence-corrected chi connectivity index (χ1v) is 11.9. The van der Waals surface area contributed by atoms with Crippen LogP contribution < -0.4 is 11.1 Å². The van der Waals surface area contributed by atoms with Gasteiger partial charge in [-0.05, 0) is 43.9 Å². The van der Waals surface area contributed by atoms with Crippen LogP contribution in [0.3, 0.4) is 0 Å². The number of amides is 1. The fraction of sp³-hybridized carbons (Fsp3) is 0.280. The molecule has 1 saturated carbocycles. The largest absolute Gasteiger partial charge is 0.465 e. The monoisotopic (exact) mass is 491 g/mol. The van der Waals surface area contributed by atoms with Gasteiger partial charge in [-0.1, -0.05) is 29.8 Å². The standard InChI is InChI=1S/C25H26ClN7O2/c26-21-13-30-24(32-23(21)20-12-29-22-7-2-1-6-19(20)22)31-16-4-3-5-18(10-16)33(25(34)35)14-17-9-8-15(27)11-28-17/h1-2,6-9,11-13,16,18,29H,3-5,10,14,27H2,(H,34,35)(H,30,31,32)/t16-,18+/m1/s1. The summed E-state index contributed by atoms with van der Waals surface area (Å²) in [6, 6.07) is 11.4. The van der Waals surface area contributed by atoms with Gasteiger partial charge in [0, 0.05) is 34.7 Å². The summed E-state index contributed by atoms with van der Waals surface area (Å²) < 4.78 is 0. The van der Waals surface area contributed by atoms with Crippen LogP contribution in [0.5, 0.6) is 0 Å². The average molecular weight is 492 g/mol. The number of nitrogens with one attached hydrogen (secondary N) is 2. The zero-order valence-corrected chi connectivity index (χ0v) is 19.7. The molecule has 5 rings (SSSR count). The lowest BCUT2D eigenvalue weighted by atomic mass is 9.90. The van der Waals surface area contributed by atoms with Crippen LogP contribution >= 0.6 is 11.6 Å². The second-order valence-electron chi connectivity index (χ2n) is 8.79. The van der Waals surface area contributed by atoms with Crippen LogP contribution in [0.2, 0.25) is 5.02 Å². The summed E-state index contributed by atoms with van der Waals surface area (Å²) in [5.41, 5.74) is 9.49. The highest BCUT2D eigenvalue weighted by molar-refractivity contribution is 6.33. The number of fused-ring (bicyclic) bond motifs is 1. The van der Waals surface area contributed by atoms with Crippen molar-refractivity contribution >= 4 is 40.2 Å². The van der Waals surface area contributed by atoms with Gasteiger partial charge >= 0.3 is 6.09 Å². The lowest BCUT2D eigenvalue weighted by molar-refractivity contribution is 0.104. The Bertz CT molecular complexity index is 1340. The first kappa shape index (κ1) is 22.9. The number of halogens is 1. The van der Waals surface area contributed by atoms with Gasteiger partial charge in [0.05, 0.1) is 41.0 Å². The van der Waals surface area contributed by atoms with Gasteiger partial charge in [0.2, 0.25) is 5.95 Å². The highest BCUT2D eigenvalue weighted by Gasteiger charge is 2.30. The van der Waals surface area contributed by atoms with Crippen LogP contribution in [0.15, 0.2) is 55.0 Å². The number of para-hydroxylation sites is 1. The molecule has 2 atom stereocenters. The van der Waals surface area contributed by atoms with Crippen molar-refractivity contribution in [3.05, 3.63) is 65.7 Å². The molecule has 0 aliphatic heterocycles. The normalized spacial score (nSPS) is 17.9. The molecule has 0 unspecified atom stereocenters. The Hall–Kier alpha value is -3.85. The Labute approximate surface area is 207 Å². The number of nitrogens with zero attached hydrogens (tertiary/aromatic N) is 4. The third kappa shape index (κ3) is 5.00. The summed E-state index contributed by atoms with van der Waals surface area (Å²) in [5, 5.41) is 14.8. The van der Waals surface area contributed by atoms with Gasteiger partial charge in [0.25, 0.3) is 0 Å². The molecule has 0 bridgehead atoms. The van der Waals surface area contributed by atoms with E-state index in [1.165, 1.54) is 4.90 Å². The van der Waals surface area contributed by atoms with E-state index in [4.69, 9.17) is 22.3 Å². The van der Waals surface area contributed by atoms with E-state index in [1.54, 1.807) is 24.5 Å². The van der Waals surface area contributed by atoms with Crippen LogP contribution in [0.25, 0.3) is 22.2 Å². The fourth-order valence-corrected chi connectivity index (χ4v) is 4.90. The maximum atomic E-state index is 12.1. The first-order valence-electron chi connectivity index (χ1n) is 11.5. The number of hydrogen-bond donors (Lipinski definition) is 4. The number of H-pyrrole nitrogens is 1. The molecule has 0 saturated heterocycles. The maximum Gasteiger partial charge on any atom is 0.407 e. The molecule has 35 heavy (non-hydrogen) atoms. The summed E-state index contributed by atoms with van der Waals surface area (Å²) in [5.74, 6) is 0.474. The van der Waals surface area contributed by atoms with Crippen LogP contribution in [-0.4, -0.2) is 48.1 Å². The molecule has 1 aliphatic carbocycles. The fourth-order valence-electron chi connectivity index (χ4n) is 4.71. The van der Waals surface area contributed by atoms with E-state index in [0.29, 0.717) is 34.5 Å². The van der Waals surface area contributed by atoms with E-state index in [0.717, 1.165) is 35.7 Å². The van der Waals surface area contributed by atoms with Gasteiger partial charge in [0.1, 0.15) is 0 Å². The minimum Gasteiger partial charge on any atom is -0.465 e. The van der Waals surface area contributed by atoms with Crippen molar-refractivity contribution in [3.63, 3.8) is 0 Å². The van der Waals surface area contributed by atoms with Crippen molar-refractivity contribution in [1.29, 1.82) is 0 Å². The second-order valence-corrected chi connectivity index (χ2v) is 9.20. The molecule has 0 spiro atoms. The maximum absolute atomic E-state index is 12.1. The summed E-state index contributed by atoms with van der Waals surface area (Å²) in [4.78, 5) is 30.2. The number of benzene rings is 1. The molecule has 9 nitrogen and oxygen atoms in total. The van der Waals surface area contributed by atoms with Crippen molar-refractivity contribution in [1.82, 2.24) is 24.8 Å². The number of nitrogen functional groups attached to an aromatic ring is 1. The number of carbonyl (C=O) groups is 1. The molecule has 5 N–H and O–H groups in total. The lowest BCUT2D eigenvalue weighted by Gasteiger charge is -2.36. The van der Waals surface area contributed by atoms with E-state index in [9.17, 15) is 9.90 Å². The minimum atomic E-state index is -0.960.